The number of hydrogen-bond acceptors (Lipinski definition) is 4. The van der Waals surface area contributed by atoms with Gasteiger partial charge in [0.25, 0.3) is 0 Å². The summed E-state index contributed by atoms with van der Waals surface area (Å²) in [5.41, 5.74) is 10.3. The number of nitrogens with zero attached hydrogens (tertiary/aromatic N) is 4. The number of amides is 2. The van der Waals surface area contributed by atoms with Crippen LogP contribution in [0, 0.1) is 5.82 Å². The standard InChI is InChI=1S/C27H26ClFN6O/c28-21-8-6-20(7-9-21)24-25(26(30)35(32-24)18-19-4-2-1-3-5-19)31-27(36)34-16-14-33(15-17-34)23-12-10-22(29)11-13-23/h1-13H,14-18,30H2,(H,31,36). The van der Waals surface area contributed by atoms with E-state index in [0.29, 0.717) is 54.9 Å². The molecular weight excluding hydrogens is 479 g/mol. The van der Waals surface area contributed by atoms with Gasteiger partial charge in [0.1, 0.15) is 23.0 Å². The van der Waals surface area contributed by atoms with Crippen molar-refractivity contribution in [3.8, 4) is 11.3 Å². The molecule has 1 aliphatic heterocycles. The van der Waals surface area contributed by atoms with Gasteiger partial charge in [-0.2, -0.15) is 5.10 Å². The number of benzene rings is 3. The van der Waals surface area contributed by atoms with Crippen LogP contribution in [0.25, 0.3) is 11.3 Å². The highest BCUT2D eigenvalue weighted by Crippen LogP contribution is 2.34. The predicted octanol–water partition coefficient (Wildman–Crippen LogP) is 5.33. The van der Waals surface area contributed by atoms with Crippen molar-refractivity contribution in [3.63, 3.8) is 0 Å². The zero-order valence-electron chi connectivity index (χ0n) is 19.6. The molecule has 0 radical (unpaired) electrons. The molecule has 2 heterocycles. The average molecular weight is 505 g/mol. The van der Waals surface area contributed by atoms with Crippen molar-refractivity contribution in [1.29, 1.82) is 0 Å². The Kier molecular flexibility index (Phi) is 6.77. The van der Waals surface area contributed by atoms with Crippen LogP contribution in [0.2, 0.25) is 5.02 Å². The second-order valence-corrected chi connectivity index (χ2v) is 9.08. The van der Waals surface area contributed by atoms with Gasteiger partial charge in [-0.3, -0.25) is 0 Å². The summed E-state index contributed by atoms with van der Waals surface area (Å²) < 4.78 is 15.0. The van der Waals surface area contributed by atoms with Crippen LogP contribution >= 0.6 is 11.6 Å². The van der Waals surface area contributed by atoms with Crippen molar-refractivity contribution in [2.75, 3.05) is 42.1 Å². The largest absolute Gasteiger partial charge is 0.382 e. The number of anilines is 3. The maximum atomic E-state index is 13.3. The Morgan fingerprint density at radius 1 is 0.944 bits per heavy atom. The molecule has 1 fully saturated rings. The molecule has 3 N–H and O–H groups in total. The summed E-state index contributed by atoms with van der Waals surface area (Å²) in [6, 6.07) is 23.3. The smallest absolute Gasteiger partial charge is 0.322 e. The third-order valence-electron chi connectivity index (χ3n) is 6.28. The van der Waals surface area contributed by atoms with Gasteiger partial charge in [0.2, 0.25) is 0 Å². The summed E-state index contributed by atoms with van der Waals surface area (Å²) in [6.45, 7) is 2.81. The molecule has 9 heteroatoms. The number of rotatable bonds is 5. The van der Waals surface area contributed by atoms with E-state index in [4.69, 9.17) is 22.4 Å². The maximum absolute atomic E-state index is 13.3. The molecule has 7 nitrogen and oxygen atoms in total. The molecule has 184 valence electrons. The Balaban J connectivity index is 1.35. The molecule has 0 spiro atoms. The Bertz CT molecular complexity index is 1330. The van der Waals surface area contributed by atoms with E-state index in [1.807, 2.05) is 42.5 Å². The van der Waals surface area contributed by atoms with E-state index in [1.54, 1.807) is 33.8 Å². The lowest BCUT2D eigenvalue weighted by atomic mass is 10.1. The second kappa shape index (κ2) is 10.3. The van der Waals surface area contributed by atoms with Crippen LogP contribution in [0.1, 0.15) is 5.56 Å². The molecule has 1 aliphatic rings. The van der Waals surface area contributed by atoms with E-state index in [1.165, 1.54) is 12.1 Å². The van der Waals surface area contributed by atoms with Crippen LogP contribution in [0.3, 0.4) is 0 Å². The summed E-state index contributed by atoms with van der Waals surface area (Å²) in [4.78, 5) is 17.1. The lowest BCUT2D eigenvalue weighted by molar-refractivity contribution is 0.208. The summed E-state index contributed by atoms with van der Waals surface area (Å²) in [5.74, 6) is 0.112. The molecule has 36 heavy (non-hydrogen) atoms. The van der Waals surface area contributed by atoms with Gasteiger partial charge in [-0.25, -0.2) is 13.9 Å². The predicted molar refractivity (Wildman–Crippen MR) is 142 cm³/mol. The molecular formula is C27H26ClFN6O. The first-order valence-electron chi connectivity index (χ1n) is 11.7. The molecule has 4 aromatic rings. The maximum Gasteiger partial charge on any atom is 0.322 e. The van der Waals surface area contributed by atoms with Gasteiger partial charge in [0.15, 0.2) is 0 Å². The van der Waals surface area contributed by atoms with E-state index in [9.17, 15) is 9.18 Å². The van der Waals surface area contributed by atoms with Gasteiger partial charge in [-0.1, -0.05) is 54.1 Å². The van der Waals surface area contributed by atoms with Gasteiger partial charge < -0.3 is 20.9 Å². The SMILES string of the molecule is Nc1c(NC(=O)N2CCN(c3ccc(F)cc3)CC2)c(-c2ccc(Cl)cc2)nn1Cc1ccccc1. The third-order valence-corrected chi connectivity index (χ3v) is 6.53. The summed E-state index contributed by atoms with van der Waals surface area (Å²) in [7, 11) is 0. The van der Waals surface area contributed by atoms with Crippen LogP contribution in [0.5, 0.6) is 0 Å². The highest BCUT2D eigenvalue weighted by atomic mass is 35.5. The number of nitrogens with two attached hydrogens (primary N) is 1. The normalized spacial score (nSPS) is 13.6. The zero-order valence-corrected chi connectivity index (χ0v) is 20.3. The number of nitrogens with one attached hydrogen (secondary N) is 1. The molecule has 0 bridgehead atoms. The lowest BCUT2D eigenvalue weighted by Gasteiger charge is -2.36. The van der Waals surface area contributed by atoms with E-state index in [2.05, 4.69) is 10.2 Å². The number of piperazine rings is 1. The van der Waals surface area contributed by atoms with Crippen molar-refractivity contribution in [3.05, 3.63) is 95.3 Å². The van der Waals surface area contributed by atoms with Crippen LogP contribution in [-0.4, -0.2) is 46.9 Å². The molecule has 3 aromatic carbocycles. The minimum absolute atomic E-state index is 0.241. The quantitative estimate of drug-likeness (QED) is 0.385. The fourth-order valence-electron chi connectivity index (χ4n) is 4.29. The lowest BCUT2D eigenvalue weighted by Crippen LogP contribution is -2.50. The fraction of sp³-hybridized carbons (Fsp3) is 0.185. The summed E-state index contributed by atoms with van der Waals surface area (Å²) in [5, 5.41) is 8.36. The first-order chi connectivity index (χ1) is 17.5. The molecule has 1 saturated heterocycles. The minimum atomic E-state index is -0.265. The van der Waals surface area contributed by atoms with Gasteiger partial charge in [0, 0.05) is 42.5 Å². The van der Waals surface area contributed by atoms with Gasteiger partial charge >= 0.3 is 6.03 Å². The zero-order chi connectivity index (χ0) is 25.1. The monoisotopic (exact) mass is 504 g/mol. The van der Waals surface area contributed by atoms with E-state index in [-0.39, 0.29) is 11.8 Å². The third kappa shape index (κ3) is 5.13. The number of urea groups is 1. The van der Waals surface area contributed by atoms with Crippen LogP contribution < -0.4 is 16.0 Å². The Morgan fingerprint density at radius 2 is 1.61 bits per heavy atom. The van der Waals surface area contributed by atoms with E-state index < -0.39 is 0 Å². The van der Waals surface area contributed by atoms with Crippen molar-refractivity contribution in [2.45, 2.75) is 6.54 Å². The average Bonchev–Trinajstić information content (AvgIpc) is 3.20. The first kappa shape index (κ1) is 23.7. The van der Waals surface area contributed by atoms with Crippen molar-refractivity contribution < 1.29 is 9.18 Å². The van der Waals surface area contributed by atoms with Crippen LogP contribution in [0.4, 0.5) is 26.4 Å². The van der Waals surface area contributed by atoms with Crippen LogP contribution in [0.15, 0.2) is 78.9 Å². The highest BCUT2D eigenvalue weighted by molar-refractivity contribution is 6.30. The Morgan fingerprint density at radius 3 is 2.28 bits per heavy atom. The minimum Gasteiger partial charge on any atom is -0.382 e. The van der Waals surface area contributed by atoms with Gasteiger partial charge in [-0.15, -0.1) is 0 Å². The fourth-order valence-corrected chi connectivity index (χ4v) is 4.42. The summed E-state index contributed by atoms with van der Waals surface area (Å²) >= 11 is 6.08. The van der Waals surface area contributed by atoms with Crippen molar-refractivity contribution in [2.24, 2.45) is 0 Å². The molecule has 1 aromatic heterocycles. The van der Waals surface area contributed by atoms with E-state index in [0.717, 1.165) is 16.8 Å². The Labute approximate surface area is 213 Å². The van der Waals surface area contributed by atoms with Gasteiger partial charge in [0.05, 0.1) is 6.54 Å². The number of hydrogen-bond donors (Lipinski definition) is 2. The number of nitrogen functional groups attached to an aromatic ring is 1. The molecule has 5 rings (SSSR count). The van der Waals surface area contributed by atoms with Crippen molar-refractivity contribution >= 4 is 34.8 Å². The van der Waals surface area contributed by atoms with E-state index >= 15 is 0 Å². The van der Waals surface area contributed by atoms with Gasteiger partial charge in [-0.05, 0) is 42.0 Å². The number of halogens is 2. The number of carbonyl (C=O) groups excluding carboxylic acids is 1. The number of carbonyl (C=O) groups is 1. The molecule has 2 amide bonds. The molecule has 0 saturated carbocycles. The topological polar surface area (TPSA) is 79.4 Å². The highest BCUT2D eigenvalue weighted by Gasteiger charge is 2.25. The number of aromatic nitrogens is 2. The van der Waals surface area contributed by atoms with Crippen LogP contribution in [-0.2, 0) is 6.54 Å². The molecule has 0 aliphatic carbocycles. The Hall–Kier alpha value is -4.04. The van der Waals surface area contributed by atoms with Crippen molar-refractivity contribution in [1.82, 2.24) is 14.7 Å². The molecule has 0 unspecified atom stereocenters. The first-order valence-corrected chi connectivity index (χ1v) is 12.1. The summed E-state index contributed by atoms with van der Waals surface area (Å²) in [6.07, 6.45) is 0. The molecule has 0 atom stereocenters. The second-order valence-electron chi connectivity index (χ2n) is 8.64.